The van der Waals surface area contributed by atoms with Gasteiger partial charge in [0.05, 0.1) is 0 Å². The fourth-order valence-corrected chi connectivity index (χ4v) is 5.00. The van der Waals surface area contributed by atoms with Gasteiger partial charge in [0.25, 0.3) is 0 Å². The smallest absolute Gasteiger partial charge is 0.227 e. The van der Waals surface area contributed by atoms with Crippen molar-refractivity contribution in [3.05, 3.63) is 65.7 Å². The maximum Gasteiger partial charge on any atom is 0.227 e. The third-order valence-corrected chi connectivity index (χ3v) is 7.29. The van der Waals surface area contributed by atoms with Gasteiger partial charge in [0, 0.05) is 31.5 Å². The summed E-state index contributed by atoms with van der Waals surface area (Å²) in [4.78, 5) is 27.6. The summed E-state index contributed by atoms with van der Waals surface area (Å²) in [6.45, 7) is 5.27. The minimum absolute atomic E-state index is 0.134. The van der Waals surface area contributed by atoms with Crippen molar-refractivity contribution in [2.45, 2.75) is 78.1 Å². The van der Waals surface area contributed by atoms with E-state index in [2.05, 4.69) is 34.6 Å². The normalized spacial score (nSPS) is 10.9. The Labute approximate surface area is 225 Å². The van der Waals surface area contributed by atoms with Crippen molar-refractivity contribution in [1.29, 1.82) is 0 Å². The first-order valence-corrected chi connectivity index (χ1v) is 14.4. The Morgan fingerprint density at radius 1 is 0.865 bits per heavy atom. The molecule has 0 aliphatic rings. The Morgan fingerprint density at radius 2 is 1.62 bits per heavy atom. The van der Waals surface area contributed by atoms with Crippen molar-refractivity contribution >= 4 is 28.3 Å². The number of hydrogen-bond acceptors (Lipinski definition) is 5. The van der Waals surface area contributed by atoms with Crippen LogP contribution in [0, 0.1) is 6.92 Å². The van der Waals surface area contributed by atoms with Gasteiger partial charge in [-0.3, -0.25) is 9.59 Å². The number of aryl methyl sites for hydroxylation is 1. The lowest BCUT2D eigenvalue weighted by molar-refractivity contribution is -0.131. The third-order valence-electron chi connectivity index (χ3n) is 6.41. The van der Waals surface area contributed by atoms with E-state index in [4.69, 9.17) is 0 Å². The van der Waals surface area contributed by atoms with Gasteiger partial charge in [0.15, 0.2) is 0 Å². The highest BCUT2D eigenvalue weighted by atomic mass is 32.1. The number of amides is 2. The maximum atomic E-state index is 13.0. The van der Waals surface area contributed by atoms with Crippen LogP contribution in [0.4, 0.5) is 5.13 Å². The van der Waals surface area contributed by atoms with Crippen molar-refractivity contribution in [3.8, 4) is 10.6 Å². The van der Waals surface area contributed by atoms with E-state index in [0.717, 1.165) is 35.4 Å². The van der Waals surface area contributed by atoms with Crippen LogP contribution < -0.4 is 5.32 Å². The lowest BCUT2D eigenvalue weighted by Gasteiger charge is -2.23. The predicted molar refractivity (Wildman–Crippen MR) is 153 cm³/mol. The van der Waals surface area contributed by atoms with E-state index in [1.54, 1.807) is 0 Å². The average molecular weight is 521 g/mol. The molecule has 2 aromatic carbocycles. The van der Waals surface area contributed by atoms with Crippen LogP contribution in [0.3, 0.4) is 0 Å². The molecular formula is C30H40N4O2S. The number of unbranched alkanes of at least 4 members (excludes halogenated alkanes) is 6. The molecule has 6 nitrogen and oxygen atoms in total. The molecule has 37 heavy (non-hydrogen) atoms. The molecule has 0 aliphatic carbocycles. The van der Waals surface area contributed by atoms with E-state index in [1.165, 1.54) is 49.0 Å². The van der Waals surface area contributed by atoms with E-state index in [9.17, 15) is 9.59 Å². The molecule has 0 fully saturated rings. The number of hydrogen-bond donors (Lipinski definition) is 1. The first-order chi connectivity index (χ1) is 18.0. The van der Waals surface area contributed by atoms with Gasteiger partial charge in [-0.1, -0.05) is 111 Å². The Balaban J connectivity index is 1.49. The van der Waals surface area contributed by atoms with Crippen LogP contribution in [0.5, 0.6) is 0 Å². The zero-order chi connectivity index (χ0) is 26.3. The molecule has 0 spiro atoms. The molecule has 1 aromatic heterocycles. The molecule has 0 atom stereocenters. The number of aromatic nitrogens is 2. The van der Waals surface area contributed by atoms with Gasteiger partial charge in [0.2, 0.25) is 16.9 Å². The van der Waals surface area contributed by atoms with Gasteiger partial charge in [0.1, 0.15) is 5.01 Å². The number of carbonyl (C=O) groups is 2. The molecule has 0 radical (unpaired) electrons. The molecule has 7 heteroatoms. The zero-order valence-electron chi connectivity index (χ0n) is 22.2. The van der Waals surface area contributed by atoms with E-state index in [1.807, 2.05) is 54.3 Å². The van der Waals surface area contributed by atoms with Gasteiger partial charge in [-0.05, 0) is 31.4 Å². The second-order valence-electron chi connectivity index (χ2n) is 9.57. The fraction of sp³-hybridized carbons (Fsp3) is 0.467. The van der Waals surface area contributed by atoms with Crippen molar-refractivity contribution in [2.24, 2.45) is 0 Å². The van der Waals surface area contributed by atoms with E-state index in [-0.39, 0.29) is 18.2 Å². The number of nitrogens with one attached hydrogen (secondary N) is 1. The van der Waals surface area contributed by atoms with Crippen LogP contribution >= 0.6 is 11.3 Å². The average Bonchev–Trinajstić information content (AvgIpc) is 3.37. The third kappa shape index (κ3) is 10.4. The monoisotopic (exact) mass is 520 g/mol. The molecule has 0 bridgehead atoms. The van der Waals surface area contributed by atoms with Crippen molar-refractivity contribution in [1.82, 2.24) is 15.1 Å². The number of carbonyl (C=O) groups excluding carboxylic acids is 2. The van der Waals surface area contributed by atoms with Crippen molar-refractivity contribution in [3.63, 3.8) is 0 Å². The van der Waals surface area contributed by atoms with E-state index < -0.39 is 0 Å². The van der Waals surface area contributed by atoms with Crippen LogP contribution in [0.25, 0.3) is 10.6 Å². The standard InChI is InChI=1S/C30H40N4O2S/c1-3-4-5-6-7-8-12-18-28(36)34(21-19-25-15-10-9-11-16-25)22-20-27(35)31-30-33-32-29(37-30)26-17-13-14-24(2)23-26/h9-11,13-17,23H,3-8,12,18-22H2,1-2H3,(H,31,33,35). The topological polar surface area (TPSA) is 75.2 Å². The van der Waals surface area contributed by atoms with Crippen LogP contribution in [0.15, 0.2) is 54.6 Å². The number of anilines is 1. The highest BCUT2D eigenvalue weighted by Gasteiger charge is 2.16. The zero-order valence-corrected chi connectivity index (χ0v) is 23.1. The van der Waals surface area contributed by atoms with Gasteiger partial charge >= 0.3 is 0 Å². The Hall–Kier alpha value is -3.06. The second-order valence-corrected chi connectivity index (χ2v) is 10.5. The summed E-state index contributed by atoms with van der Waals surface area (Å²) < 4.78 is 0. The SMILES string of the molecule is CCCCCCCCCC(=O)N(CCC(=O)Nc1nnc(-c2cccc(C)c2)s1)CCc1ccccc1. The Bertz CT molecular complexity index is 1100. The fourth-order valence-electron chi connectivity index (χ4n) is 4.25. The molecule has 2 amide bonds. The summed E-state index contributed by atoms with van der Waals surface area (Å²) in [6.07, 6.45) is 9.80. The van der Waals surface area contributed by atoms with Crippen molar-refractivity contribution in [2.75, 3.05) is 18.4 Å². The summed E-state index contributed by atoms with van der Waals surface area (Å²) in [6, 6.07) is 18.2. The first kappa shape index (κ1) is 28.5. The molecule has 3 aromatic rings. The number of nitrogens with zero attached hydrogens (tertiary/aromatic N) is 3. The molecule has 0 aliphatic heterocycles. The van der Waals surface area contributed by atoms with E-state index in [0.29, 0.717) is 24.6 Å². The number of benzene rings is 2. The first-order valence-electron chi connectivity index (χ1n) is 13.6. The maximum absolute atomic E-state index is 13.0. The largest absolute Gasteiger partial charge is 0.342 e. The molecule has 1 N–H and O–H groups in total. The summed E-state index contributed by atoms with van der Waals surface area (Å²) in [5.41, 5.74) is 3.33. The molecule has 198 valence electrons. The quantitative estimate of drug-likeness (QED) is 0.205. The Kier molecular flexibility index (Phi) is 12.3. The van der Waals surface area contributed by atoms with Crippen LogP contribution in [-0.4, -0.2) is 40.0 Å². The van der Waals surface area contributed by atoms with E-state index >= 15 is 0 Å². The lowest BCUT2D eigenvalue weighted by Crippen LogP contribution is -2.35. The minimum Gasteiger partial charge on any atom is -0.342 e. The second kappa shape index (κ2) is 15.9. The molecule has 0 unspecified atom stereocenters. The predicted octanol–water partition coefficient (Wildman–Crippen LogP) is 7.05. The van der Waals surface area contributed by atoms with Crippen LogP contribution in [0.2, 0.25) is 0 Å². The molecule has 1 heterocycles. The summed E-state index contributed by atoms with van der Waals surface area (Å²) in [7, 11) is 0. The minimum atomic E-state index is -0.152. The summed E-state index contributed by atoms with van der Waals surface area (Å²) in [5, 5.41) is 12.5. The summed E-state index contributed by atoms with van der Waals surface area (Å²) >= 11 is 1.36. The summed E-state index contributed by atoms with van der Waals surface area (Å²) in [5.74, 6) is -0.0182. The Morgan fingerprint density at radius 3 is 2.38 bits per heavy atom. The van der Waals surface area contributed by atoms with Crippen LogP contribution in [0.1, 0.15) is 75.8 Å². The van der Waals surface area contributed by atoms with Gasteiger partial charge in [-0.15, -0.1) is 10.2 Å². The molecular weight excluding hydrogens is 480 g/mol. The van der Waals surface area contributed by atoms with Crippen LogP contribution in [-0.2, 0) is 16.0 Å². The number of rotatable bonds is 16. The highest BCUT2D eigenvalue weighted by Crippen LogP contribution is 2.26. The molecule has 0 saturated heterocycles. The molecule has 0 saturated carbocycles. The molecule has 3 rings (SSSR count). The van der Waals surface area contributed by atoms with Gasteiger partial charge < -0.3 is 10.2 Å². The lowest BCUT2D eigenvalue weighted by atomic mass is 10.1. The van der Waals surface area contributed by atoms with Gasteiger partial charge in [-0.2, -0.15) is 0 Å². The van der Waals surface area contributed by atoms with Gasteiger partial charge in [-0.25, -0.2) is 0 Å². The highest BCUT2D eigenvalue weighted by molar-refractivity contribution is 7.18. The van der Waals surface area contributed by atoms with Crippen molar-refractivity contribution < 1.29 is 9.59 Å².